The highest BCUT2D eigenvalue weighted by Crippen LogP contribution is 2.27. The van der Waals surface area contributed by atoms with Gasteiger partial charge >= 0.3 is 0 Å². The number of nitrogens with zero attached hydrogens (tertiary/aromatic N) is 4. The molecule has 8 heteroatoms. The van der Waals surface area contributed by atoms with Crippen molar-refractivity contribution < 1.29 is 0 Å². The standard InChI is InChI=1S/C18H21ClN6S/c19-16-11-14(12-22-23-18(20)26)4-5-17(16)25-9-7-24(8-10-25)13-15-3-1-2-6-21-15/h1-6,11-12H,7-10,13H2,(H3,20,23,26)/b22-12+. The second-order valence-electron chi connectivity index (χ2n) is 6.03. The number of piperazine rings is 1. The first kappa shape index (κ1) is 18.6. The van der Waals surface area contributed by atoms with Crippen molar-refractivity contribution in [3.63, 3.8) is 0 Å². The highest BCUT2D eigenvalue weighted by Gasteiger charge is 2.19. The van der Waals surface area contributed by atoms with E-state index in [-0.39, 0.29) is 5.11 Å². The molecule has 136 valence electrons. The summed E-state index contributed by atoms with van der Waals surface area (Å²) in [5.74, 6) is 0. The highest BCUT2D eigenvalue weighted by molar-refractivity contribution is 7.80. The molecule has 1 aliphatic rings. The van der Waals surface area contributed by atoms with Crippen molar-refractivity contribution in [2.45, 2.75) is 6.54 Å². The van der Waals surface area contributed by atoms with Gasteiger partial charge in [0.1, 0.15) is 0 Å². The number of hydrazone groups is 1. The lowest BCUT2D eigenvalue weighted by Crippen LogP contribution is -2.46. The number of halogens is 1. The molecule has 0 bridgehead atoms. The summed E-state index contributed by atoms with van der Waals surface area (Å²) < 4.78 is 0. The average Bonchev–Trinajstić information content (AvgIpc) is 2.63. The van der Waals surface area contributed by atoms with E-state index in [0.29, 0.717) is 5.02 Å². The summed E-state index contributed by atoms with van der Waals surface area (Å²) >= 11 is 11.2. The molecule has 3 rings (SSSR count). The Hall–Kier alpha value is -2.22. The second kappa shape index (κ2) is 8.93. The lowest BCUT2D eigenvalue weighted by Gasteiger charge is -2.36. The van der Waals surface area contributed by atoms with E-state index in [1.165, 1.54) is 0 Å². The summed E-state index contributed by atoms with van der Waals surface area (Å²) in [4.78, 5) is 9.12. The number of nitrogens with two attached hydrogens (primary N) is 1. The minimum Gasteiger partial charge on any atom is -0.375 e. The van der Waals surface area contributed by atoms with Gasteiger partial charge in [0.25, 0.3) is 0 Å². The molecule has 0 amide bonds. The number of nitrogens with one attached hydrogen (secondary N) is 1. The lowest BCUT2D eigenvalue weighted by atomic mass is 10.2. The Morgan fingerprint density at radius 1 is 1.27 bits per heavy atom. The fourth-order valence-corrected chi connectivity index (χ4v) is 3.26. The molecular formula is C18H21ClN6S. The minimum absolute atomic E-state index is 0.132. The maximum atomic E-state index is 6.47. The summed E-state index contributed by atoms with van der Waals surface area (Å²) in [6.45, 7) is 4.71. The normalized spacial score (nSPS) is 15.3. The Kier molecular flexibility index (Phi) is 6.38. The van der Waals surface area contributed by atoms with Crippen LogP contribution in [-0.2, 0) is 6.54 Å². The van der Waals surface area contributed by atoms with Gasteiger partial charge in [0.05, 0.1) is 22.6 Å². The van der Waals surface area contributed by atoms with Gasteiger partial charge in [-0.3, -0.25) is 15.3 Å². The predicted octanol–water partition coefficient (Wildman–Crippen LogP) is 2.22. The Labute approximate surface area is 163 Å². The lowest BCUT2D eigenvalue weighted by molar-refractivity contribution is 0.247. The number of hydrogen-bond acceptors (Lipinski definition) is 5. The van der Waals surface area contributed by atoms with Crippen molar-refractivity contribution in [2.75, 3.05) is 31.1 Å². The summed E-state index contributed by atoms with van der Waals surface area (Å²) in [7, 11) is 0. The van der Waals surface area contributed by atoms with Crippen LogP contribution >= 0.6 is 23.8 Å². The van der Waals surface area contributed by atoms with Gasteiger partial charge in [0.15, 0.2) is 5.11 Å². The molecule has 6 nitrogen and oxygen atoms in total. The Morgan fingerprint density at radius 2 is 2.08 bits per heavy atom. The van der Waals surface area contributed by atoms with E-state index >= 15 is 0 Å². The molecule has 0 spiro atoms. The molecule has 1 aromatic heterocycles. The first-order valence-electron chi connectivity index (χ1n) is 8.37. The largest absolute Gasteiger partial charge is 0.375 e. The van der Waals surface area contributed by atoms with Crippen molar-refractivity contribution in [1.29, 1.82) is 0 Å². The van der Waals surface area contributed by atoms with Crippen molar-refractivity contribution in [3.05, 3.63) is 58.9 Å². The van der Waals surface area contributed by atoms with Crippen molar-refractivity contribution in [1.82, 2.24) is 15.3 Å². The van der Waals surface area contributed by atoms with Gasteiger partial charge in [-0.1, -0.05) is 23.7 Å². The van der Waals surface area contributed by atoms with Crippen molar-refractivity contribution in [3.8, 4) is 0 Å². The number of thiocarbonyl (C=S) groups is 1. The predicted molar refractivity (Wildman–Crippen MR) is 111 cm³/mol. The molecule has 3 N–H and O–H groups in total. The third kappa shape index (κ3) is 5.14. The summed E-state index contributed by atoms with van der Waals surface area (Å²) in [6, 6.07) is 11.9. The zero-order valence-corrected chi connectivity index (χ0v) is 15.9. The third-order valence-corrected chi connectivity index (χ3v) is 4.58. The smallest absolute Gasteiger partial charge is 0.184 e. The van der Waals surface area contributed by atoms with Crippen LogP contribution in [0, 0.1) is 0 Å². The fourth-order valence-electron chi connectivity index (χ4n) is 2.90. The molecule has 2 aromatic rings. The van der Waals surface area contributed by atoms with Gasteiger partial charge in [0.2, 0.25) is 0 Å². The maximum Gasteiger partial charge on any atom is 0.184 e. The average molecular weight is 389 g/mol. The van der Waals surface area contributed by atoms with Crippen LogP contribution in [0.4, 0.5) is 5.69 Å². The van der Waals surface area contributed by atoms with E-state index in [9.17, 15) is 0 Å². The zero-order chi connectivity index (χ0) is 18.4. The van der Waals surface area contributed by atoms with E-state index in [2.05, 4.69) is 31.4 Å². The van der Waals surface area contributed by atoms with Gasteiger partial charge in [0, 0.05) is 38.9 Å². The first-order chi connectivity index (χ1) is 12.6. The number of pyridine rings is 1. The Bertz CT molecular complexity index is 775. The number of hydrogen-bond donors (Lipinski definition) is 2. The molecule has 0 radical (unpaired) electrons. The Morgan fingerprint density at radius 3 is 2.73 bits per heavy atom. The molecule has 2 heterocycles. The minimum atomic E-state index is 0.132. The summed E-state index contributed by atoms with van der Waals surface area (Å²) in [5, 5.41) is 4.79. The van der Waals surface area contributed by atoms with Crippen LogP contribution in [0.2, 0.25) is 5.02 Å². The SMILES string of the molecule is NC(=S)N/N=C/c1ccc(N2CCN(Cc3ccccn3)CC2)c(Cl)c1. The topological polar surface area (TPSA) is 69.8 Å². The summed E-state index contributed by atoms with van der Waals surface area (Å²) in [6.07, 6.45) is 3.48. The molecular weight excluding hydrogens is 368 g/mol. The van der Waals surface area contributed by atoms with Gasteiger partial charge in [-0.15, -0.1) is 0 Å². The maximum absolute atomic E-state index is 6.47. The zero-order valence-electron chi connectivity index (χ0n) is 14.3. The van der Waals surface area contributed by atoms with Crippen LogP contribution in [-0.4, -0.2) is 47.4 Å². The van der Waals surface area contributed by atoms with Crippen molar-refractivity contribution >= 4 is 40.8 Å². The van der Waals surface area contributed by atoms with Crippen LogP contribution < -0.4 is 16.1 Å². The van der Waals surface area contributed by atoms with E-state index < -0.39 is 0 Å². The van der Waals surface area contributed by atoms with Crippen LogP contribution in [0.3, 0.4) is 0 Å². The van der Waals surface area contributed by atoms with E-state index in [1.54, 1.807) is 6.21 Å². The second-order valence-corrected chi connectivity index (χ2v) is 6.88. The number of benzene rings is 1. The molecule has 0 saturated carbocycles. The van der Waals surface area contributed by atoms with Gasteiger partial charge in [-0.05, 0) is 42.0 Å². The quantitative estimate of drug-likeness (QED) is 0.465. The van der Waals surface area contributed by atoms with Crippen LogP contribution in [0.5, 0.6) is 0 Å². The van der Waals surface area contributed by atoms with E-state index in [4.69, 9.17) is 29.6 Å². The van der Waals surface area contributed by atoms with Crippen molar-refractivity contribution in [2.24, 2.45) is 10.8 Å². The van der Waals surface area contributed by atoms with Crippen LogP contribution in [0.1, 0.15) is 11.3 Å². The molecule has 1 aliphatic heterocycles. The molecule has 0 unspecified atom stereocenters. The molecule has 1 fully saturated rings. The van der Waals surface area contributed by atoms with E-state index in [1.807, 2.05) is 36.5 Å². The first-order valence-corrected chi connectivity index (χ1v) is 9.16. The summed E-state index contributed by atoms with van der Waals surface area (Å²) in [5.41, 5.74) is 10.9. The van der Waals surface area contributed by atoms with E-state index in [0.717, 1.165) is 49.7 Å². The number of aromatic nitrogens is 1. The van der Waals surface area contributed by atoms with Gasteiger partial charge in [-0.2, -0.15) is 5.10 Å². The third-order valence-electron chi connectivity index (χ3n) is 4.18. The van der Waals surface area contributed by atoms with Gasteiger partial charge < -0.3 is 10.6 Å². The van der Waals surface area contributed by atoms with Crippen LogP contribution in [0.15, 0.2) is 47.7 Å². The molecule has 0 aliphatic carbocycles. The molecule has 1 aromatic carbocycles. The molecule has 1 saturated heterocycles. The monoisotopic (exact) mass is 388 g/mol. The molecule has 26 heavy (non-hydrogen) atoms. The molecule has 0 atom stereocenters. The fraction of sp³-hybridized carbons (Fsp3) is 0.278. The van der Waals surface area contributed by atoms with Crippen LogP contribution in [0.25, 0.3) is 0 Å². The number of rotatable bonds is 5. The van der Waals surface area contributed by atoms with Gasteiger partial charge in [-0.25, -0.2) is 0 Å². The highest BCUT2D eigenvalue weighted by atomic mass is 35.5. The number of anilines is 1. The Balaban J connectivity index is 1.57.